The van der Waals surface area contributed by atoms with E-state index in [1.54, 1.807) is 0 Å². The molecule has 4 rings (SSSR count). The maximum absolute atomic E-state index is 13.1. The third kappa shape index (κ3) is 5.35. The molecule has 0 bridgehead atoms. The molecule has 178 valence electrons. The Morgan fingerprint density at radius 3 is 2.49 bits per heavy atom. The van der Waals surface area contributed by atoms with E-state index in [0.29, 0.717) is 0 Å². The Labute approximate surface area is 201 Å². The molecule has 11 heteroatoms. The Hall–Kier alpha value is -4.12. The van der Waals surface area contributed by atoms with Crippen molar-refractivity contribution in [3.8, 4) is 5.75 Å². The molecule has 0 saturated carbocycles. The number of rotatable bonds is 6. The molecular formula is C24H16F3N3O4S. The van der Waals surface area contributed by atoms with Crippen molar-refractivity contribution in [3.05, 3.63) is 105 Å². The average Bonchev–Trinajstić information content (AvgIpc) is 3.10. The lowest BCUT2D eigenvalue weighted by atomic mass is 10.1. The van der Waals surface area contributed by atoms with Gasteiger partial charge in [0.2, 0.25) is 0 Å². The van der Waals surface area contributed by atoms with Crippen molar-refractivity contribution < 1.29 is 27.6 Å². The molecule has 0 atom stereocenters. The molecule has 1 aliphatic rings. The minimum atomic E-state index is -4.61. The van der Waals surface area contributed by atoms with Crippen LogP contribution in [0.1, 0.15) is 16.7 Å². The topological polar surface area (TPSA) is 96.5 Å². The predicted molar refractivity (Wildman–Crippen MR) is 126 cm³/mol. The number of alkyl halides is 3. The number of thioether (sulfide) groups is 1. The second kappa shape index (κ2) is 9.63. The van der Waals surface area contributed by atoms with Crippen molar-refractivity contribution in [1.29, 1.82) is 5.41 Å². The SMILES string of the molecule is N=C1S/C(=C\c2cc([N+](=O)[O-])ccc2OCc2ccccc2)C(=O)N1c1cccc(C(F)(F)F)c1. The quantitative estimate of drug-likeness (QED) is 0.246. The summed E-state index contributed by atoms with van der Waals surface area (Å²) in [5.74, 6) is -0.454. The zero-order valence-corrected chi connectivity index (χ0v) is 18.6. The van der Waals surface area contributed by atoms with E-state index in [1.165, 1.54) is 30.3 Å². The van der Waals surface area contributed by atoms with Gasteiger partial charge in [-0.15, -0.1) is 0 Å². The number of ether oxygens (including phenoxy) is 1. The van der Waals surface area contributed by atoms with E-state index >= 15 is 0 Å². The Bertz CT molecular complexity index is 1340. The molecule has 1 N–H and O–H groups in total. The van der Waals surface area contributed by atoms with E-state index in [0.717, 1.165) is 40.4 Å². The first kappa shape index (κ1) is 24.0. The summed E-state index contributed by atoms with van der Waals surface area (Å²) in [5, 5.41) is 19.2. The van der Waals surface area contributed by atoms with Gasteiger partial charge in [-0.25, -0.2) is 0 Å². The van der Waals surface area contributed by atoms with Crippen LogP contribution >= 0.6 is 11.8 Å². The number of nitrogens with one attached hydrogen (secondary N) is 1. The highest BCUT2D eigenvalue weighted by atomic mass is 32.2. The first-order chi connectivity index (χ1) is 16.6. The van der Waals surface area contributed by atoms with Crippen LogP contribution < -0.4 is 9.64 Å². The molecule has 35 heavy (non-hydrogen) atoms. The second-order valence-electron chi connectivity index (χ2n) is 7.36. The number of anilines is 1. The third-order valence-corrected chi connectivity index (χ3v) is 5.87. The highest BCUT2D eigenvalue weighted by Crippen LogP contribution is 2.39. The van der Waals surface area contributed by atoms with Crippen LogP contribution in [0.4, 0.5) is 24.5 Å². The number of carbonyl (C=O) groups is 1. The standard InChI is InChI=1S/C24H16F3N3O4S/c25-24(26,27)17-7-4-8-18(13-17)29-22(31)21(35-23(29)28)12-16-11-19(30(32)33)9-10-20(16)34-14-15-5-2-1-3-6-15/h1-13,28H,14H2/b21-12-,28-23?. The number of nitro benzene ring substituents is 1. The largest absolute Gasteiger partial charge is 0.488 e. The van der Waals surface area contributed by atoms with Gasteiger partial charge in [0, 0.05) is 17.7 Å². The van der Waals surface area contributed by atoms with Crippen molar-refractivity contribution in [2.45, 2.75) is 12.8 Å². The lowest BCUT2D eigenvalue weighted by Gasteiger charge is -2.16. The number of carbonyl (C=O) groups excluding carboxylic acids is 1. The fourth-order valence-electron chi connectivity index (χ4n) is 3.31. The van der Waals surface area contributed by atoms with Crippen molar-refractivity contribution in [2.75, 3.05) is 4.90 Å². The molecule has 3 aromatic carbocycles. The van der Waals surface area contributed by atoms with Gasteiger partial charge in [-0.05, 0) is 47.7 Å². The molecular weight excluding hydrogens is 483 g/mol. The number of halogens is 3. The molecule has 0 aliphatic carbocycles. The van der Waals surface area contributed by atoms with Crippen molar-refractivity contribution in [2.24, 2.45) is 0 Å². The summed E-state index contributed by atoms with van der Waals surface area (Å²) < 4.78 is 45.2. The molecule has 1 aliphatic heterocycles. The Kier molecular flexibility index (Phi) is 6.61. The molecule has 1 saturated heterocycles. The number of hydrogen-bond donors (Lipinski definition) is 1. The fraction of sp³-hybridized carbons (Fsp3) is 0.0833. The average molecular weight is 499 g/mol. The molecule has 7 nitrogen and oxygen atoms in total. The molecule has 0 spiro atoms. The van der Waals surface area contributed by atoms with E-state index in [4.69, 9.17) is 10.1 Å². The minimum absolute atomic E-state index is 0.0115. The number of nitrogens with zero attached hydrogens (tertiary/aromatic N) is 2. The molecule has 1 heterocycles. The summed E-state index contributed by atoms with van der Waals surface area (Å²) in [6.07, 6.45) is -3.27. The van der Waals surface area contributed by atoms with Gasteiger partial charge in [-0.2, -0.15) is 13.2 Å². The highest BCUT2D eigenvalue weighted by Gasteiger charge is 2.36. The summed E-state index contributed by atoms with van der Waals surface area (Å²) in [4.78, 5) is 24.6. The maximum atomic E-state index is 13.1. The van der Waals surface area contributed by atoms with Crippen LogP contribution in [0.2, 0.25) is 0 Å². The molecule has 1 fully saturated rings. The van der Waals surface area contributed by atoms with E-state index in [-0.39, 0.29) is 39.4 Å². The lowest BCUT2D eigenvalue weighted by Crippen LogP contribution is -2.28. The second-order valence-corrected chi connectivity index (χ2v) is 8.39. The van der Waals surface area contributed by atoms with Crippen LogP contribution in [-0.2, 0) is 17.6 Å². The fourth-order valence-corrected chi connectivity index (χ4v) is 4.17. The number of amides is 1. The van der Waals surface area contributed by atoms with E-state index in [2.05, 4.69) is 0 Å². The number of non-ortho nitro benzene ring substituents is 1. The predicted octanol–water partition coefficient (Wildman–Crippen LogP) is 6.25. The summed E-state index contributed by atoms with van der Waals surface area (Å²) in [6.45, 7) is 0.169. The Morgan fingerprint density at radius 1 is 1.06 bits per heavy atom. The molecule has 3 aromatic rings. The number of hydrogen-bond acceptors (Lipinski definition) is 6. The maximum Gasteiger partial charge on any atom is 0.416 e. The Balaban J connectivity index is 1.67. The van der Waals surface area contributed by atoms with Crippen LogP contribution in [0.3, 0.4) is 0 Å². The molecule has 1 amide bonds. The van der Waals surface area contributed by atoms with Crippen molar-refractivity contribution in [3.63, 3.8) is 0 Å². The molecule has 0 unspecified atom stereocenters. The zero-order chi connectivity index (χ0) is 25.2. The number of nitro groups is 1. The monoisotopic (exact) mass is 499 g/mol. The van der Waals surface area contributed by atoms with Gasteiger partial charge >= 0.3 is 6.18 Å². The summed E-state index contributed by atoms with van der Waals surface area (Å²) >= 11 is 0.736. The number of benzene rings is 3. The first-order valence-electron chi connectivity index (χ1n) is 10.1. The third-order valence-electron chi connectivity index (χ3n) is 4.98. The van der Waals surface area contributed by atoms with Gasteiger partial charge in [0.15, 0.2) is 5.17 Å². The Morgan fingerprint density at radius 2 is 1.80 bits per heavy atom. The van der Waals surface area contributed by atoms with Crippen LogP contribution in [0.25, 0.3) is 6.08 Å². The summed E-state index contributed by atoms with van der Waals surface area (Å²) in [5.41, 5.74) is -0.208. The van der Waals surface area contributed by atoms with Crippen molar-refractivity contribution >= 4 is 40.3 Å². The van der Waals surface area contributed by atoms with Gasteiger partial charge in [0.1, 0.15) is 12.4 Å². The molecule has 0 radical (unpaired) electrons. The number of amidine groups is 1. The smallest absolute Gasteiger partial charge is 0.416 e. The van der Waals surface area contributed by atoms with Gasteiger partial charge in [-0.1, -0.05) is 36.4 Å². The van der Waals surface area contributed by atoms with E-state index in [1.807, 2.05) is 30.3 Å². The normalized spacial score (nSPS) is 15.1. The minimum Gasteiger partial charge on any atom is -0.488 e. The molecule has 0 aromatic heterocycles. The van der Waals surface area contributed by atoms with E-state index in [9.17, 15) is 28.1 Å². The van der Waals surface area contributed by atoms with Gasteiger partial charge in [0.05, 0.1) is 21.1 Å². The summed E-state index contributed by atoms with van der Waals surface area (Å²) in [6, 6.07) is 17.2. The van der Waals surface area contributed by atoms with Crippen LogP contribution in [0.5, 0.6) is 5.75 Å². The van der Waals surface area contributed by atoms with Gasteiger partial charge < -0.3 is 4.74 Å². The zero-order valence-electron chi connectivity index (χ0n) is 17.8. The summed E-state index contributed by atoms with van der Waals surface area (Å²) in [7, 11) is 0. The van der Waals surface area contributed by atoms with Crippen LogP contribution in [0, 0.1) is 15.5 Å². The first-order valence-corrected chi connectivity index (χ1v) is 10.9. The van der Waals surface area contributed by atoms with Crippen molar-refractivity contribution in [1.82, 2.24) is 0 Å². The van der Waals surface area contributed by atoms with Crippen LogP contribution in [-0.4, -0.2) is 16.0 Å². The van der Waals surface area contributed by atoms with Gasteiger partial charge in [0.25, 0.3) is 11.6 Å². The highest BCUT2D eigenvalue weighted by molar-refractivity contribution is 8.19. The lowest BCUT2D eigenvalue weighted by molar-refractivity contribution is -0.384. The van der Waals surface area contributed by atoms with E-state index < -0.39 is 22.6 Å². The van der Waals surface area contributed by atoms with Gasteiger partial charge in [-0.3, -0.25) is 25.2 Å². The van der Waals surface area contributed by atoms with Crippen LogP contribution in [0.15, 0.2) is 77.7 Å².